The van der Waals surface area contributed by atoms with Crippen LogP contribution < -0.4 is 14.4 Å². The van der Waals surface area contributed by atoms with Gasteiger partial charge < -0.3 is 19.7 Å². The summed E-state index contributed by atoms with van der Waals surface area (Å²) < 4.78 is 10.4. The van der Waals surface area contributed by atoms with Crippen molar-refractivity contribution in [1.29, 1.82) is 0 Å². The zero-order chi connectivity index (χ0) is 24.2. The van der Waals surface area contributed by atoms with Gasteiger partial charge in [-0.3, -0.25) is 14.5 Å². The van der Waals surface area contributed by atoms with Gasteiger partial charge in [-0.15, -0.1) is 0 Å². The maximum absolute atomic E-state index is 13.3. The molecule has 4 rings (SSSR count). The molecule has 0 radical (unpaired) electrons. The molecule has 3 aromatic rings. The number of aromatic hydroxyl groups is 1. The summed E-state index contributed by atoms with van der Waals surface area (Å²) in [5.74, 6) is -1.16. The number of carbonyl (C=O) groups excluding carboxylic acids is 2. The summed E-state index contributed by atoms with van der Waals surface area (Å²) in [6, 6.07) is 19.5. The van der Waals surface area contributed by atoms with Crippen molar-refractivity contribution in [3.05, 3.63) is 101 Å². The number of nitrogens with zero attached hydrogens (tertiary/aromatic N) is 1. The van der Waals surface area contributed by atoms with Gasteiger partial charge in [0.15, 0.2) is 23.0 Å². The van der Waals surface area contributed by atoms with Crippen LogP contribution in [0.15, 0.2) is 90.2 Å². The number of carbonyl (C=O) groups is 2. The summed E-state index contributed by atoms with van der Waals surface area (Å²) >= 11 is 0. The van der Waals surface area contributed by atoms with Gasteiger partial charge >= 0.3 is 0 Å². The third-order valence-corrected chi connectivity index (χ3v) is 5.57. The lowest BCUT2D eigenvalue weighted by Crippen LogP contribution is -2.30. The molecule has 3 aromatic carbocycles. The van der Waals surface area contributed by atoms with Gasteiger partial charge in [-0.05, 0) is 53.6 Å². The Hall–Kier alpha value is -4.52. The summed E-state index contributed by atoms with van der Waals surface area (Å²) in [5, 5.41) is 20.8. The van der Waals surface area contributed by atoms with E-state index in [1.807, 2.05) is 30.3 Å². The molecule has 2 N–H and O–H groups in total. The molecular formula is C27H23NO6. The number of ether oxygens (including phenoxy) is 2. The average molecular weight is 457 g/mol. The van der Waals surface area contributed by atoms with Crippen molar-refractivity contribution >= 4 is 23.5 Å². The normalized spacial score (nSPS) is 15.8. The highest BCUT2D eigenvalue weighted by atomic mass is 16.5. The highest BCUT2D eigenvalue weighted by Gasteiger charge is 2.44. The van der Waals surface area contributed by atoms with E-state index in [4.69, 9.17) is 9.47 Å². The quantitative estimate of drug-likeness (QED) is 0.504. The summed E-state index contributed by atoms with van der Waals surface area (Å²) in [6.45, 7) is 0. The third-order valence-electron chi connectivity index (χ3n) is 5.57. The van der Waals surface area contributed by atoms with E-state index in [0.29, 0.717) is 17.0 Å². The lowest BCUT2D eigenvalue weighted by molar-refractivity contribution is -0.117. The minimum absolute atomic E-state index is 0.0688. The van der Waals surface area contributed by atoms with E-state index in [-0.39, 0.29) is 17.1 Å². The molecule has 0 saturated heterocycles. The van der Waals surface area contributed by atoms with Gasteiger partial charge in [0, 0.05) is 5.69 Å². The highest BCUT2D eigenvalue weighted by molar-refractivity contribution is 6.19. The van der Waals surface area contributed by atoms with Crippen molar-refractivity contribution in [2.45, 2.75) is 6.04 Å². The van der Waals surface area contributed by atoms with E-state index in [0.717, 1.165) is 5.56 Å². The molecule has 0 spiro atoms. The predicted molar refractivity (Wildman–Crippen MR) is 128 cm³/mol. The van der Waals surface area contributed by atoms with E-state index < -0.39 is 23.5 Å². The second-order valence-corrected chi connectivity index (χ2v) is 7.58. The van der Waals surface area contributed by atoms with Gasteiger partial charge in [-0.25, -0.2) is 0 Å². The number of methoxy groups -OCH3 is 2. The zero-order valence-electron chi connectivity index (χ0n) is 18.6. The molecule has 1 atom stereocenters. The number of aliphatic hydroxyl groups is 1. The predicted octanol–water partition coefficient (Wildman–Crippen LogP) is 4.59. The number of hydrogen-bond donors (Lipinski definition) is 2. The van der Waals surface area contributed by atoms with Crippen LogP contribution in [-0.4, -0.2) is 36.1 Å². The molecule has 0 aliphatic carbocycles. The SMILES string of the molecule is COc1ccc(N2C(=O)C(O)=C(C(=O)/C=C/c3ccccc3)[C@H]2c2ccc(O)c(OC)c2)cc1. The van der Waals surface area contributed by atoms with Crippen LogP contribution in [0.2, 0.25) is 0 Å². The molecule has 7 nitrogen and oxygen atoms in total. The van der Waals surface area contributed by atoms with Crippen LogP contribution in [0.3, 0.4) is 0 Å². The van der Waals surface area contributed by atoms with Crippen molar-refractivity contribution in [2.75, 3.05) is 19.1 Å². The number of aliphatic hydroxyl groups excluding tert-OH is 1. The molecular weight excluding hydrogens is 434 g/mol. The van der Waals surface area contributed by atoms with E-state index in [1.54, 1.807) is 36.4 Å². The number of anilines is 1. The van der Waals surface area contributed by atoms with Crippen molar-refractivity contribution in [2.24, 2.45) is 0 Å². The molecule has 172 valence electrons. The van der Waals surface area contributed by atoms with Crippen molar-refractivity contribution < 1.29 is 29.3 Å². The van der Waals surface area contributed by atoms with Gasteiger partial charge in [0.2, 0.25) is 0 Å². The largest absolute Gasteiger partial charge is 0.504 e. The fraction of sp³-hybridized carbons (Fsp3) is 0.111. The minimum atomic E-state index is -0.941. The number of allylic oxidation sites excluding steroid dienone is 1. The van der Waals surface area contributed by atoms with Crippen LogP contribution in [0, 0.1) is 0 Å². The molecule has 34 heavy (non-hydrogen) atoms. The van der Waals surface area contributed by atoms with Crippen LogP contribution in [0.5, 0.6) is 17.2 Å². The van der Waals surface area contributed by atoms with Crippen molar-refractivity contribution in [3.8, 4) is 17.2 Å². The molecule has 1 heterocycles. The summed E-state index contributed by atoms with van der Waals surface area (Å²) in [6.07, 6.45) is 2.95. The van der Waals surface area contributed by atoms with E-state index in [2.05, 4.69) is 0 Å². The second-order valence-electron chi connectivity index (χ2n) is 7.58. The number of amides is 1. The average Bonchev–Trinajstić information content (AvgIpc) is 3.14. The first kappa shape index (κ1) is 22.7. The fourth-order valence-electron chi connectivity index (χ4n) is 3.87. The Morgan fingerprint density at radius 2 is 1.65 bits per heavy atom. The van der Waals surface area contributed by atoms with Gasteiger partial charge in [0.25, 0.3) is 5.91 Å². The Morgan fingerprint density at radius 3 is 2.29 bits per heavy atom. The summed E-state index contributed by atoms with van der Waals surface area (Å²) in [7, 11) is 2.94. The van der Waals surface area contributed by atoms with E-state index in [1.165, 1.54) is 37.3 Å². The number of ketones is 1. The topological polar surface area (TPSA) is 96.3 Å². The van der Waals surface area contributed by atoms with E-state index in [9.17, 15) is 19.8 Å². The number of rotatable bonds is 7. The molecule has 0 bridgehead atoms. The lowest BCUT2D eigenvalue weighted by Gasteiger charge is -2.27. The zero-order valence-corrected chi connectivity index (χ0v) is 18.6. The Bertz CT molecular complexity index is 1280. The monoisotopic (exact) mass is 457 g/mol. The molecule has 0 fully saturated rings. The van der Waals surface area contributed by atoms with Crippen LogP contribution in [-0.2, 0) is 9.59 Å². The number of phenolic OH excluding ortho intramolecular Hbond substituents is 1. The summed E-state index contributed by atoms with van der Waals surface area (Å²) in [5.41, 5.74) is 1.68. The van der Waals surface area contributed by atoms with Crippen molar-refractivity contribution in [3.63, 3.8) is 0 Å². The van der Waals surface area contributed by atoms with Crippen molar-refractivity contribution in [1.82, 2.24) is 0 Å². The van der Waals surface area contributed by atoms with Gasteiger partial charge in [-0.1, -0.05) is 42.5 Å². The fourth-order valence-corrected chi connectivity index (χ4v) is 3.87. The molecule has 0 unspecified atom stereocenters. The van der Waals surface area contributed by atoms with E-state index >= 15 is 0 Å². The molecule has 0 saturated carbocycles. The van der Waals surface area contributed by atoms with Crippen LogP contribution in [0.1, 0.15) is 17.2 Å². The standard InChI is InChI=1S/C27H23NO6/c1-33-20-12-10-19(11-13-20)28-25(18-9-15-21(29)23(16-18)34-2)24(26(31)27(28)32)22(30)14-8-17-6-4-3-5-7-17/h3-16,25,29,31H,1-2H3/b14-8+/t25-/m1/s1. The van der Waals surface area contributed by atoms with Gasteiger partial charge in [0.1, 0.15) is 5.75 Å². The maximum atomic E-state index is 13.3. The smallest absolute Gasteiger partial charge is 0.294 e. The third kappa shape index (κ3) is 4.23. The van der Waals surface area contributed by atoms with Crippen LogP contribution >= 0.6 is 0 Å². The molecule has 1 aliphatic heterocycles. The Kier molecular flexibility index (Phi) is 6.36. The first-order valence-corrected chi connectivity index (χ1v) is 10.5. The molecule has 7 heteroatoms. The minimum Gasteiger partial charge on any atom is -0.504 e. The molecule has 1 aliphatic rings. The Balaban J connectivity index is 1.81. The number of phenols is 1. The number of hydrogen-bond acceptors (Lipinski definition) is 6. The molecule has 1 amide bonds. The van der Waals surface area contributed by atoms with Crippen LogP contribution in [0.25, 0.3) is 6.08 Å². The first-order chi connectivity index (χ1) is 16.4. The van der Waals surface area contributed by atoms with Gasteiger partial charge in [0.05, 0.1) is 25.8 Å². The first-order valence-electron chi connectivity index (χ1n) is 10.5. The Labute approximate surface area is 196 Å². The molecule has 0 aromatic heterocycles. The second kappa shape index (κ2) is 9.54. The number of benzene rings is 3. The van der Waals surface area contributed by atoms with Gasteiger partial charge in [-0.2, -0.15) is 0 Å². The summed E-state index contributed by atoms with van der Waals surface area (Å²) in [4.78, 5) is 27.8. The highest BCUT2D eigenvalue weighted by Crippen LogP contribution is 2.43. The Morgan fingerprint density at radius 1 is 0.941 bits per heavy atom. The maximum Gasteiger partial charge on any atom is 0.294 e. The van der Waals surface area contributed by atoms with Crippen LogP contribution in [0.4, 0.5) is 5.69 Å². The lowest BCUT2D eigenvalue weighted by atomic mass is 9.95.